The van der Waals surface area contributed by atoms with Crippen LogP contribution in [0.5, 0.6) is 0 Å². The number of benzene rings is 1. The van der Waals surface area contributed by atoms with Crippen molar-refractivity contribution < 1.29 is 14.6 Å². The lowest BCUT2D eigenvalue weighted by atomic mass is 9.75. The molecular formula is C22H27NO3. The number of fused-ring (bicyclic) bond motifs is 3. The second-order valence-corrected chi connectivity index (χ2v) is 8.47. The molecule has 2 heterocycles. The van der Waals surface area contributed by atoms with E-state index in [2.05, 4.69) is 4.57 Å². The van der Waals surface area contributed by atoms with Crippen LogP contribution in [-0.2, 0) is 24.1 Å². The topological polar surface area (TPSA) is 51.5 Å². The SMILES string of the molecule is O=C(O)c1ccc2c(c1)c1c(n2CC2CC2)CCC(C2CCOCC2)C1. The molecule has 26 heavy (non-hydrogen) atoms. The zero-order valence-electron chi connectivity index (χ0n) is 15.2. The van der Waals surface area contributed by atoms with Gasteiger partial charge < -0.3 is 14.4 Å². The molecule has 1 saturated heterocycles. The number of aromatic nitrogens is 1. The van der Waals surface area contributed by atoms with Gasteiger partial charge >= 0.3 is 5.97 Å². The first-order chi connectivity index (χ1) is 12.7. The predicted octanol–water partition coefficient (Wildman–Crippen LogP) is 4.28. The molecule has 1 saturated carbocycles. The lowest BCUT2D eigenvalue weighted by Gasteiger charge is -2.33. The van der Waals surface area contributed by atoms with E-state index in [1.54, 1.807) is 6.07 Å². The molecule has 2 aromatic rings. The van der Waals surface area contributed by atoms with Crippen LogP contribution in [0.1, 0.15) is 53.7 Å². The van der Waals surface area contributed by atoms with E-state index in [0.717, 1.165) is 50.4 Å². The van der Waals surface area contributed by atoms with Crippen molar-refractivity contribution in [3.8, 4) is 0 Å². The highest BCUT2D eigenvalue weighted by molar-refractivity contribution is 5.95. The number of rotatable bonds is 4. The fraction of sp³-hybridized carbons (Fsp3) is 0.591. The molecule has 1 unspecified atom stereocenters. The maximum absolute atomic E-state index is 11.5. The first-order valence-electron chi connectivity index (χ1n) is 10.2. The minimum absolute atomic E-state index is 0.414. The number of ether oxygens (including phenoxy) is 1. The Hall–Kier alpha value is -1.81. The summed E-state index contributed by atoms with van der Waals surface area (Å²) in [6, 6.07) is 5.74. The first kappa shape index (κ1) is 16.4. The van der Waals surface area contributed by atoms with Gasteiger partial charge in [-0.05, 0) is 86.5 Å². The van der Waals surface area contributed by atoms with Crippen molar-refractivity contribution in [2.75, 3.05) is 13.2 Å². The number of aromatic carboxylic acids is 1. The number of hydrogen-bond donors (Lipinski definition) is 1. The predicted molar refractivity (Wildman–Crippen MR) is 101 cm³/mol. The van der Waals surface area contributed by atoms with E-state index in [1.165, 1.54) is 54.3 Å². The molecular weight excluding hydrogens is 326 g/mol. The average molecular weight is 353 g/mol. The largest absolute Gasteiger partial charge is 0.478 e. The van der Waals surface area contributed by atoms with Crippen LogP contribution >= 0.6 is 0 Å². The van der Waals surface area contributed by atoms with E-state index in [-0.39, 0.29) is 0 Å². The van der Waals surface area contributed by atoms with Crippen LogP contribution in [0, 0.1) is 17.8 Å². The van der Waals surface area contributed by atoms with Crippen LogP contribution in [0.2, 0.25) is 0 Å². The Morgan fingerprint density at radius 3 is 2.65 bits per heavy atom. The summed E-state index contributed by atoms with van der Waals surface area (Å²) >= 11 is 0. The van der Waals surface area contributed by atoms with Crippen molar-refractivity contribution in [1.29, 1.82) is 0 Å². The van der Waals surface area contributed by atoms with Gasteiger partial charge in [0.05, 0.1) is 5.56 Å². The lowest BCUT2D eigenvalue weighted by Crippen LogP contribution is -2.28. The molecule has 1 atom stereocenters. The summed E-state index contributed by atoms with van der Waals surface area (Å²) in [7, 11) is 0. The molecule has 4 nitrogen and oxygen atoms in total. The minimum Gasteiger partial charge on any atom is -0.478 e. The van der Waals surface area contributed by atoms with Crippen molar-refractivity contribution >= 4 is 16.9 Å². The van der Waals surface area contributed by atoms with Crippen molar-refractivity contribution in [2.24, 2.45) is 17.8 Å². The number of carboxylic acids is 1. The summed E-state index contributed by atoms with van der Waals surface area (Å²) in [5.41, 5.74) is 4.58. The van der Waals surface area contributed by atoms with Gasteiger partial charge in [-0.15, -0.1) is 0 Å². The molecule has 5 rings (SSSR count). The highest BCUT2D eigenvalue weighted by atomic mass is 16.5. The van der Waals surface area contributed by atoms with Gasteiger partial charge in [-0.2, -0.15) is 0 Å². The maximum atomic E-state index is 11.5. The molecule has 1 aromatic carbocycles. The molecule has 0 bridgehead atoms. The fourth-order valence-corrected chi connectivity index (χ4v) is 5.17. The maximum Gasteiger partial charge on any atom is 0.335 e. The molecule has 0 amide bonds. The molecule has 1 aromatic heterocycles. The van der Waals surface area contributed by atoms with Crippen molar-refractivity contribution in [2.45, 2.75) is 51.5 Å². The number of carboxylic acid groups (broad SMARTS) is 1. The van der Waals surface area contributed by atoms with Crippen LogP contribution in [0.4, 0.5) is 0 Å². The highest BCUT2D eigenvalue weighted by Crippen LogP contribution is 2.41. The molecule has 3 aliphatic rings. The Kier molecular flexibility index (Phi) is 4.04. The van der Waals surface area contributed by atoms with Crippen molar-refractivity contribution in [3.05, 3.63) is 35.0 Å². The molecule has 2 fully saturated rings. The van der Waals surface area contributed by atoms with E-state index in [0.29, 0.717) is 5.56 Å². The summed E-state index contributed by atoms with van der Waals surface area (Å²) < 4.78 is 8.08. The molecule has 2 aliphatic carbocycles. The zero-order valence-corrected chi connectivity index (χ0v) is 15.2. The van der Waals surface area contributed by atoms with Gasteiger partial charge in [0.2, 0.25) is 0 Å². The third-order valence-corrected chi connectivity index (χ3v) is 6.82. The van der Waals surface area contributed by atoms with Gasteiger partial charge in [0, 0.05) is 36.4 Å². The van der Waals surface area contributed by atoms with Crippen LogP contribution in [0.25, 0.3) is 10.9 Å². The normalized spacial score (nSPS) is 23.9. The summed E-state index contributed by atoms with van der Waals surface area (Å²) in [6.07, 6.45) is 8.56. The summed E-state index contributed by atoms with van der Waals surface area (Å²) in [5.74, 6) is 1.48. The van der Waals surface area contributed by atoms with E-state index in [1.807, 2.05) is 12.1 Å². The van der Waals surface area contributed by atoms with Gasteiger partial charge in [0.25, 0.3) is 0 Å². The van der Waals surface area contributed by atoms with Gasteiger partial charge in [-0.3, -0.25) is 0 Å². The standard InChI is InChI=1S/C22H27NO3/c24-22(25)17-4-6-21-19(12-17)18-11-16(15-7-9-26-10-8-15)3-5-20(18)23(21)13-14-1-2-14/h4,6,12,14-16H,1-3,5,7-11,13H2,(H,24,25). The first-order valence-corrected chi connectivity index (χ1v) is 10.2. The van der Waals surface area contributed by atoms with Crippen LogP contribution < -0.4 is 0 Å². The molecule has 0 spiro atoms. The Labute approximate surface area is 154 Å². The van der Waals surface area contributed by atoms with Crippen LogP contribution in [0.3, 0.4) is 0 Å². The van der Waals surface area contributed by atoms with Gasteiger partial charge in [0.1, 0.15) is 0 Å². The molecule has 1 aliphatic heterocycles. The molecule has 1 N–H and O–H groups in total. The van der Waals surface area contributed by atoms with Crippen LogP contribution in [0.15, 0.2) is 18.2 Å². The second kappa shape index (κ2) is 6.41. The quantitative estimate of drug-likeness (QED) is 0.892. The fourth-order valence-electron chi connectivity index (χ4n) is 5.17. The Bertz CT molecular complexity index is 843. The zero-order chi connectivity index (χ0) is 17.7. The third kappa shape index (κ3) is 2.84. The molecule has 0 radical (unpaired) electrons. The average Bonchev–Trinajstić information content (AvgIpc) is 3.45. The number of hydrogen-bond acceptors (Lipinski definition) is 2. The minimum atomic E-state index is -0.826. The number of carbonyl (C=O) groups is 1. The van der Waals surface area contributed by atoms with Gasteiger partial charge in [-0.1, -0.05) is 0 Å². The van der Waals surface area contributed by atoms with E-state index in [4.69, 9.17) is 4.74 Å². The van der Waals surface area contributed by atoms with Crippen LogP contribution in [-0.4, -0.2) is 28.9 Å². The Balaban J connectivity index is 1.56. The third-order valence-electron chi connectivity index (χ3n) is 6.82. The molecule has 4 heteroatoms. The summed E-state index contributed by atoms with van der Waals surface area (Å²) in [5, 5.41) is 10.6. The van der Waals surface area contributed by atoms with Crippen molar-refractivity contribution in [1.82, 2.24) is 4.57 Å². The highest BCUT2D eigenvalue weighted by Gasteiger charge is 2.32. The number of nitrogens with zero attached hydrogens (tertiary/aromatic N) is 1. The second-order valence-electron chi connectivity index (χ2n) is 8.47. The summed E-state index contributed by atoms with van der Waals surface area (Å²) in [4.78, 5) is 11.5. The van der Waals surface area contributed by atoms with Crippen molar-refractivity contribution in [3.63, 3.8) is 0 Å². The molecule has 138 valence electrons. The Morgan fingerprint density at radius 2 is 1.92 bits per heavy atom. The van der Waals surface area contributed by atoms with E-state index in [9.17, 15) is 9.90 Å². The Morgan fingerprint density at radius 1 is 1.12 bits per heavy atom. The van der Waals surface area contributed by atoms with E-state index >= 15 is 0 Å². The van der Waals surface area contributed by atoms with Gasteiger partial charge in [0.15, 0.2) is 0 Å². The smallest absolute Gasteiger partial charge is 0.335 e. The lowest BCUT2D eigenvalue weighted by molar-refractivity contribution is 0.0438. The van der Waals surface area contributed by atoms with Gasteiger partial charge in [-0.25, -0.2) is 4.79 Å². The van der Waals surface area contributed by atoms with E-state index < -0.39 is 5.97 Å². The summed E-state index contributed by atoms with van der Waals surface area (Å²) in [6.45, 7) is 2.92. The monoisotopic (exact) mass is 353 g/mol.